The second-order valence-electron chi connectivity index (χ2n) is 9.22. The molecule has 0 fully saturated rings. The number of phenolic OH excluding ortho intramolecular Hbond substituents is 1. The van der Waals surface area contributed by atoms with E-state index in [0.717, 1.165) is 27.8 Å². The van der Waals surface area contributed by atoms with Gasteiger partial charge in [0.15, 0.2) is 5.78 Å². The van der Waals surface area contributed by atoms with Crippen molar-refractivity contribution in [1.82, 2.24) is 10.2 Å². The Bertz CT molecular complexity index is 1760. The van der Waals surface area contributed by atoms with Crippen LogP contribution in [-0.2, 0) is 6.61 Å². The topological polar surface area (TPSA) is 85.5 Å². The lowest BCUT2D eigenvalue weighted by Crippen LogP contribution is -2.02. The third-order valence-electron chi connectivity index (χ3n) is 6.49. The van der Waals surface area contributed by atoms with Gasteiger partial charge in [-0.3, -0.25) is 4.79 Å². The molecule has 6 rings (SSSR count). The van der Waals surface area contributed by atoms with E-state index in [1.54, 1.807) is 36.4 Å². The molecule has 1 N–H and O–H groups in total. The van der Waals surface area contributed by atoms with Crippen molar-refractivity contribution in [3.05, 3.63) is 144 Å². The summed E-state index contributed by atoms with van der Waals surface area (Å²) in [4.78, 5) is 12.7. The van der Waals surface area contributed by atoms with Crippen molar-refractivity contribution >= 4 is 5.78 Å². The van der Waals surface area contributed by atoms with E-state index >= 15 is 0 Å². The molecule has 6 nitrogen and oxygen atoms in total. The van der Waals surface area contributed by atoms with Crippen molar-refractivity contribution in [2.24, 2.45) is 0 Å². The number of benzene rings is 5. The molecule has 6 heteroatoms. The lowest BCUT2D eigenvalue weighted by molar-refractivity contribution is 0.103. The van der Waals surface area contributed by atoms with Crippen molar-refractivity contribution in [3.8, 4) is 45.5 Å². The maximum absolute atomic E-state index is 12.7. The first-order chi connectivity index (χ1) is 19.6. The predicted molar refractivity (Wildman–Crippen MR) is 153 cm³/mol. The average molecular weight is 525 g/mol. The molecular formula is C34H24N2O4. The molecule has 0 aliphatic heterocycles. The number of hydrogen-bond donors (Lipinski definition) is 1. The molecule has 0 aliphatic rings. The van der Waals surface area contributed by atoms with E-state index in [2.05, 4.69) is 22.3 Å². The summed E-state index contributed by atoms with van der Waals surface area (Å²) in [6.07, 6.45) is 0. The minimum absolute atomic E-state index is 0.129. The molecule has 1 aromatic heterocycles. The summed E-state index contributed by atoms with van der Waals surface area (Å²) in [5.74, 6) is 0.924. The van der Waals surface area contributed by atoms with E-state index in [4.69, 9.17) is 9.15 Å². The number of phenols is 1. The van der Waals surface area contributed by atoms with E-state index in [1.165, 1.54) is 6.07 Å². The quantitative estimate of drug-likeness (QED) is 0.207. The lowest BCUT2D eigenvalue weighted by Gasteiger charge is -2.10. The Morgan fingerprint density at radius 2 is 1.27 bits per heavy atom. The largest absolute Gasteiger partial charge is 0.507 e. The molecule has 1 heterocycles. The number of ether oxygens (including phenoxy) is 1. The number of aromatic hydroxyl groups is 1. The second-order valence-corrected chi connectivity index (χ2v) is 9.22. The molecule has 40 heavy (non-hydrogen) atoms. The molecule has 0 saturated heterocycles. The van der Waals surface area contributed by atoms with Crippen LogP contribution in [0.5, 0.6) is 11.5 Å². The van der Waals surface area contributed by atoms with Crippen LogP contribution in [-0.4, -0.2) is 21.1 Å². The van der Waals surface area contributed by atoms with Crippen LogP contribution in [0, 0.1) is 0 Å². The average Bonchev–Trinajstić information content (AvgIpc) is 3.52. The Labute approximate surface area is 231 Å². The fraction of sp³-hybridized carbons (Fsp3) is 0.0294. The zero-order valence-corrected chi connectivity index (χ0v) is 21.4. The van der Waals surface area contributed by atoms with Gasteiger partial charge in [-0.05, 0) is 53.1 Å². The normalized spacial score (nSPS) is 10.8. The summed E-state index contributed by atoms with van der Waals surface area (Å²) < 4.78 is 11.9. The first kappa shape index (κ1) is 24.8. The summed E-state index contributed by atoms with van der Waals surface area (Å²) in [6.45, 7) is 0.251. The first-order valence-corrected chi connectivity index (χ1v) is 12.8. The van der Waals surface area contributed by atoms with E-state index in [9.17, 15) is 9.90 Å². The molecule has 5 aromatic carbocycles. The molecule has 6 aromatic rings. The Hall–Kier alpha value is -5.49. The summed E-state index contributed by atoms with van der Waals surface area (Å²) in [6, 6.07) is 39.4. The van der Waals surface area contributed by atoms with Gasteiger partial charge in [0.1, 0.15) is 18.1 Å². The molecular weight excluding hydrogens is 500 g/mol. The van der Waals surface area contributed by atoms with E-state index in [1.807, 2.05) is 72.8 Å². The molecule has 0 atom stereocenters. The standard InChI is InChI=1S/C34H24N2O4/c37-31-21-29(18-19-30(31)32(38)26-11-5-2-6-12-26)39-22-23-8-7-13-28(20-23)34-36-35-33(40-34)27-16-14-25(15-17-27)24-9-3-1-4-10-24/h1-21,37H,22H2. The van der Waals surface area contributed by atoms with Crippen LogP contribution in [0.15, 0.2) is 132 Å². The number of carbonyl (C=O) groups excluding carboxylic acids is 1. The van der Waals surface area contributed by atoms with Crippen LogP contribution >= 0.6 is 0 Å². The molecule has 0 radical (unpaired) electrons. The molecule has 0 amide bonds. The van der Waals surface area contributed by atoms with Gasteiger partial charge in [0, 0.05) is 22.8 Å². The van der Waals surface area contributed by atoms with Gasteiger partial charge in [-0.25, -0.2) is 0 Å². The van der Waals surface area contributed by atoms with E-state index < -0.39 is 0 Å². The number of ketones is 1. The number of hydrogen-bond acceptors (Lipinski definition) is 6. The zero-order chi connectivity index (χ0) is 27.3. The van der Waals surface area contributed by atoms with Crippen LogP contribution in [0.25, 0.3) is 34.0 Å². The SMILES string of the molecule is O=C(c1ccccc1)c1ccc(OCc2cccc(-c3nnc(-c4ccc(-c5ccccc5)cc4)o3)c2)cc1O. The Balaban J connectivity index is 1.13. The van der Waals surface area contributed by atoms with Crippen LogP contribution in [0.1, 0.15) is 21.5 Å². The van der Waals surface area contributed by atoms with Gasteiger partial charge in [0.05, 0.1) is 5.56 Å². The third kappa shape index (κ3) is 5.37. The molecule has 194 valence electrons. The molecule has 0 aliphatic carbocycles. The highest BCUT2D eigenvalue weighted by atomic mass is 16.5. The highest BCUT2D eigenvalue weighted by Gasteiger charge is 2.15. The first-order valence-electron chi connectivity index (χ1n) is 12.8. The zero-order valence-electron chi connectivity index (χ0n) is 21.4. The Kier molecular flexibility index (Phi) is 6.88. The summed E-state index contributed by atoms with van der Waals surface area (Å²) in [7, 11) is 0. The van der Waals surface area contributed by atoms with Crippen LogP contribution < -0.4 is 4.74 Å². The Morgan fingerprint density at radius 1 is 0.650 bits per heavy atom. The predicted octanol–water partition coefficient (Wildman–Crippen LogP) is 7.59. The highest BCUT2D eigenvalue weighted by Crippen LogP contribution is 2.29. The molecule has 0 unspecified atom stereocenters. The van der Waals surface area contributed by atoms with Gasteiger partial charge >= 0.3 is 0 Å². The van der Waals surface area contributed by atoms with Gasteiger partial charge in [-0.1, -0.05) is 84.9 Å². The molecule has 0 spiro atoms. The van der Waals surface area contributed by atoms with Crippen LogP contribution in [0.2, 0.25) is 0 Å². The van der Waals surface area contributed by atoms with E-state index in [-0.39, 0.29) is 23.7 Å². The van der Waals surface area contributed by atoms with Crippen LogP contribution in [0.3, 0.4) is 0 Å². The number of rotatable bonds is 8. The smallest absolute Gasteiger partial charge is 0.248 e. The van der Waals surface area contributed by atoms with Crippen molar-refractivity contribution in [1.29, 1.82) is 0 Å². The fourth-order valence-corrected chi connectivity index (χ4v) is 4.39. The lowest BCUT2D eigenvalue weighted by atomic mass is 10.0. The van der Waals surface area contributed by atoms with Crippen LogP contribution in [0.4, 0.5) is 0 Å². The number of aromatic nitrogens is 2. The minimum atomic E-state index is -0.247. The number of nitrogens with zero attached hydrogens (tertiary/aromatic N) is 2. The van der Waals surface area contributed by atoms with Gasteiger partial charge < -0.3 is 14.3 Å². The van der Waals surface area contributed by atoms with Gasteiger partial charge in [-0.15, -0.1) is 10.2 Å². The monoisotopic (exact) mass is 524 g/mol. The van der Waals surface area contributed by atoms with Gasteiger partial charge in [-0.2, -0.15) is 0 Å². The second kappa shape index (κ2) is 11.1. The molecule has 0 bridgehead atoms. The van der Waals surface area contributed by atoms with Crippen molar-refractivity contribution < 1.29 is 19.1 Å². The highest BCUT2D eigenvalue weighted by molar-refractivity contribution is 6.10. The fourth-order valence-electron chi connectivity index (χ4n) is 4.39. The summed E-state index contributed by atoms with van der Waals surface area (Å²) in [5.41, 5.74) is 5.49. The maximum atomic E-state index is 12.7. The summed E-state index contributed by atoms with van der Waals surface area (Å²) in [5, 5.41) is 18.9. The van der Waals surface area contributed by atoms with E-state index in [0.29, 0.717) is 23.1 Å². The minimum Gasteiger partial charge on any atom is -0.507 e. The number of carbonyl (C=O) groups is 1. The van der Waals surface area contributed by atoms with Gasteiger partial charge in [0.2, 0.25) is 11.8 Å². The van der Waals surface area contributed by atoms with Crippen molar-refractivity contribution in [3.63, 3.8) is 0 Å². The van der Waals surface area contributed by atoms with Crippen molar-refractivity contribution in [2.45, 2.75) is 6.61 Å². The van der Waals surface area contributed by atoms with Gasteiger partial charge in [0.25, 0.3) is 0 Å². The summed E-state index contributed by atoms with van der Waals surface area (Å²) >= 11 is 0. The van der Waals surface area contributed by atoms with Crippen molar-refractivity contribution in [2.75, 3.05) is 0 Å². The molecule has 0 saturated carbocycles. The third-order valence-corrected chi connectivity index (χ3v) is 6.49. The Morgan fingerprint density at radius 3 is 2.00 bits per heavy atom. The maximum Gasteiger partial charge on any atom is 0.248 e.